The van der Waals surface area contributed by atoms with Crippen LogP contribution in [0, 0.1) is 0 Å². The lowest BCUT2D eigenvalue weighted by Gasteiger charge is -2.25. The molecule has 2 heterocycles. The first-order valence-electron chi connectivity index (χ1n) is 6.61. The molecule has 0 radical (unpaired) electrons. The Balaban J connectivity index is 1.95. The van der Waals surface area contributed by atoms with Crippen molar-refractivity contribution >= 4 is 27.3 Å². The molecule has 0 fully saturated rings. The summed E-state index contributed by atoms with van der Waals surface area (Å²) in [5.41, 5.74) is 2.50. The molecule has 2 aromatic heterocycles. The van der Waals surface area contributed by atoms with Gasteiger partial charge in [-0.05, 0) is 47.8 Å². The molecular formula is C14H16BrN3S. The van der Waals surface area contributed by atoms with Gasteiger partial charge >= 0.3 is 0 Å². The molecule has 0 saturated heterocycles. The van der Waals surface area contributed by atoms with E-state index in [-0.39, 0.29) is 0 Å². The molecule has 1 aliphatic carbocycles. The Morgan fingerprint density at radius 3 is 3.16 bits per heavy atom. The highest BCUT2D eigenvalue weighted by Gasteiger charge is 2.21. The number of hydrogen-bond donors (Lipinski definition) is 1. The highest BCUT2D eigenvalue weighted by Crippen LogP contribution is 2.32. The van der Waals surface area contributed by atoms with Crippen molar-refractivity contribution < 1.29 is 0 Å². The maximum Gasteiger partial charge on any atom is 0.169 e. The lowest BCUT2D eigenvalue weighted by molar-refractivity contribution is 0.464. The third-order valence-corrected chi connectivity index (χ3v) is 5.11. The van der Waals surface area contributed by atoms with Gasteiger partial charge in [0.25, 0.3) is 0 Å². The molecule has 0 aromatic carbocycles. The van der Waals surface area contributed by atoms with E-state index in [1.165, 1.54) is 24.1 Å². The van der Waals surface area contributed by atoms with Crippen molar-refractivity contribution in [3.8, 4) is 10.7 Å². The van der Waals surface area contributed by atoms with E-state index in [2.05, 4.69) is 44.6 Å². The lowest BCUT2D eigenvalue weighted by atomic mass is 9.92. The van der Waals surface area contributed by atoms with E-state index < -0.39 is 0 Å². The van der Waals surface area contributed by atoms with E-state index in [9.17, 15) is 0 Å². The highest BCUT2D eigenvalue weighted by molar-refractivity contribution is 9.10. The van der Waals surface area contributed by atoms with Crippen molar-refractivity contribution in [2.24, 2.45) is 0 Å². The molecule has 0 spiro atoms. The molecule has 1 unspecified atom stereocenters. The Bertz CT molecular complexity index is 582. The minimum absolute atomic E-state index is 0.429. The number of fused-ring (bicyclic) bond motifs is 1. The molecular weight excluding hydrogens is 322 g/mol. The number of aromatic nitrogens is 2. The summed E-state index contributed by atoms with van der Waals surface area (Å²) >= 11 is 5.16. The van der Waals surface area contributed by atoms with Crippen LogP contribution < -0.4 is 5.32 Å². The van der Waals surface area contributed by atoms with Gasteiger partial charge in [-0.25, -0.2) is 9.97 Å². The first-order chi connectivity index (χ1) is 9.28. The van der Waals surface area contributed by atoms with Crippen molar-refractivity contribution in [3.63, 3.8) is 0 Å². The molecule has 2 aromatic rings. The van der Waals surface area contributed by atoms with Gasteiger partial charge in [0.1, 0.15) is 0 Å². The quantitative estimate of drug-likeness (QED) is 0.921. The number of hydrogen-bond acceptors (Lipinski definition) is 4. The van der Waals surface area contributed by atoms with E-state index in [1.54, 1.807) is 11.3 Å². The van der Waals surface area contributed by atoms with Gasteiger partial charge in [-0.15, -0.1) is 11.3 Å². The molecule has 0 amide bonds. The standard InChI is InChI=1S/C14H16BrN3S/c1-2-16-11-4-3-5-12-10(11)7-17-14(18-12)13-6-9(15)8-19-13/h6-8,11,16H,2-5H2,1H3. The Morgan fingerprint density at radius 1 is 1.53 bits per heavy atom. The number of rotatable bonds is 3. The van der Waals surface area contributed by atoms with Crippen LogP contribution in [0.4, 0.5) is 0 Å². The fourth-order valence-corrected chi connectivity index (χ4v) is 3.92. The zero-order valence-electron chi connectivity index (χ0n) is 10.8. The largest absolute Gasteiger partial charge is 0.310 e. The number of nitrogens with zero attached hydrogens (tertiary/aromatic N) is 2. The maximum atomic E-state index is 4.77. The van der Waals surface area contributed by atoms with Gasteiger partial charge in [0.05, 0.1) is 4.88 Å². The average Bonchev–Trinajstić information content (AvgIpc) is 2.86. The molecule has 5 heteroatoms. The minimum Gasteiger partial charge on any atom is -0.310 e. The second-order valence-electron chi connectivity index (χ2n) is 4.73. The van der Waals surface area contributed by atoms with E-state index in [4.69, 9.17) is 4.98 Å². The Labute approximate surface area is 125 Å². The number of halogens is 1. The SMILES string of the molecule is CCNC1CCCc2nc(-c3cc(Br)cs3)ncc21. The zero-order chi connectivity index (χ0) is 13.2. The molecule has 1 N–H and O–H groups in total. The van der Waals surface area contributed by atoms with Crippen molar-refractivity contribution in [3.05, 3.63) is 33.4 Å². The Kier molecular flexibility index (Phi) is 3.96. The van der Waals surface area contributed by atoms with Crippen molar-refractivity contribution in [2.75, 3.05) is 6.54 Å². The molecule has 0 bridgehead atoms. The summed E-state index contributed by atoms with van der Waals surface area (Å²) in [6, 6.07) is 2.51. The summed E-state index contributed by atoms with van der Waals surface area (Å²) in [7, 11) is 0. The van der Waals surface area contributed by atoms with Gasteiger partial charge in [0.15, 0.2) is 5.82 Å². The van der Waals surface area contributed by atoms with Crippen LogP contribution in [0.3, 0.4) is 0 Å². The Morgan fingerprint density at radius 2 is 2.42 bits per heavy atom. The smallest absolute Gasteiger partial charge is 0.169 e. The summed E-state index contributed by atoms with van der Waals surface area (Å²) < 4.78 is 1.10. The topological polar surface area (TPSA) is 37.8 Å². The zero-order valence-corrected chi connectivity index (χ0v) is 13.2. The van der Waals surface area contributed by atoms with Gasteiger partial charge in [-0.3, -0.25) is 0 Å². The van der Waals surface area contributed by atoms with Crippen molar-refractivity contribution in [1.82, 2.24) is 15.3 Å². The van der Waals surface area contributed by atoms with E-state index >= 15 is 0 Å². The molecule has 100 valence electrons. The number of nitrogens with one attached hydrogen (secondary N) is 1. The normalized spacial score (nSPS) is 18.3. The van der Waals surface area contributed by atoms with Crippen LogP contribution in [-0.4, -0.2) is 16.5 Å². The van der Waals surface area contributed by atoms with Crippen LogP contribution in [-0.2, 0) is 6.42 Å². The van der Waals surface area contributed by atoms with Gasteiger partial charge in [-0.1, -0.05) is 6.92 Å². The van der Waals surface area contributed by atoms with Crippen LogP contribution in [0.2, 0.25) is 0 Å². The maximum absolute atomic E-state index is 4.77. The fourth-order valence-electron chi connectivity index (χ4n) is 2.55. The summed E-state index contributed by atoms with van der Waals surface area (Å²) in [6.45, 7) is 3.14. The first kappa shape index (κ1) is 13.2. The van der Waals surface area contributed by atoms with E-state index in [0.29, 0.717) is 6.04 Å². The minimum atomic E-state index is 0.429. The third-order valence-electron chi connectivity index (χ3n) is 3.42. The average molecular weight is 338 g/mol. The molecule has 3 rings (SSSR count). The van der Waals surface area contributed by atoms with Crippen LogP contribution in [0.1, 0.15) is 37.1 Å². The van der Waals surface area contributed by atoms with Crippen molar-refractivity contribution in [2.45, 2.75) is 32.2 Å². The van der Waals surface area contributed by atoms with Crippen molar-refractivity contribution in [1.29, 1.82) is 0 Å². The van der Waals surface area contributed by atoms with Gasteiger partial charge < -0.3 is 5.32 Å². The van der Waals surface area contributed by atoms with Crippen LogP contribution in [0.5, 0.6) is 0 Å². The van der Waals surface area contributed by atoms with Crippen LogP contribution in [0.25, 0.3) is 10.7 Å². The van der Waals surface area contributed by atoms with Crippen LogP contribution in [0.15, 0.2) is 22.1 Å². The fraction of sp³-hybridized carbons (Fsp3) is 0.429. The number of aryl methyl sites for hydroxylation is 1. The predicted octanol–water partition coefficient (Wildman–Crippen LogP) is 3.95. The molecule has 1 aliphatic rings. The van der Waals surface area contributed by atoms with E-state index in [1.807, 2.05) is 6.20 Å². The van der Waals surface area contributed by atoms with Crippen LogP contribution >= 0.6 is 27.3 Å². The van der Waals surface area contributed by atoms with Gasteiger partial charge in [0, 0.05) is 33.3 Å². The third kappa shape index (κ3) is 2.73. The van der Waals surface area contributed by atoms with Gasteiger partial charge in [-0.2, -0.15) is 0 Å². The number of thiophene rings is 1. The monoisotopic (exact) mass is 337 g/mol. The molecule has 1 atom stereocenters. The summed E-state index contributed by atoms with van der Waals surface area (Å²) in [5.74, 6) is 0.853. The van der Waals surface area contributed by atoms with Gasteiger partial charge in [0.2, 0.25) is 0 Å². The first-order valence-corrected chi connectivity index (χ1v) is 8.28. The second kappa shape index (κ2) is 5.69. The predicted molar refractivity (Wildman–Crippen MR) is 82.4 cm³/mol. The Hall–Kier alpha value is -0.780. The second-order valence-corrected chi connectivity index (χ2v) is 6.55. The lowest BCUT2D eigenvalue weighted by Crippen LogP contribution is -2.25. The summed E-state index contributed by atoms with van der Waals surface area (Å²) in [6.07, 6.45) is 5.47. The molecule has 0 aliphatic heterocycles. The molecule has 19 heavy (non-hydrogen) atoms. The van der Waals surface area contributed by atoms with E-state index in [0.717, 1.165) is 28.1 Å². The molecule has 0 saturated carbocycles. The summed E-state index contributed by atoms with van der Waals surface area (Å²) in [5, 5.41) is 5.59. The summed E-state index contributed by atoms with van der Waals surface area (Å²) in [4.78, 5) is 10.4. The highest BCUT2D eigenvalue weighted by atomic mass is 79.9. The molecule has 3 nitrogen and oxygen atoms in total.